The zero-order valence-electron chi connectivity index (χ0n) is 16.7. The van der Waals surface area contributed by atoms with Crippen LogP contribution < -0.4 is 16.4 Å². The summed E-state index contributed by atoms with van der Waals surface area (Å²) in [6, 6.07) is 3.36. The Labute approximate surface area is 169 Å². The Morgan fingerprint density at radius 1 is 1.39 bits per heavy atom. The number of aromatic hydroxyl groups is 1. The number of aryl methyl sites for hydroxylation is 1. The number of hydrogen-bond acceptors (Lipinski definition) is 6. The highest BCUT2D eigenvalue weighted by Gasteiger charge is 2.14. The van der Waals surface area contributed by atoms with Crippen LogP contribution in [-0.4, -0.2) is 28.4 Å². The number of aliphatic imine (C=N–C) groups is 1. The van der Waals surface area contributed by atoms with Crippen LogP contribution in [0.1, 0.15) is 47.5 Å². The fourth-order valence-electron chi connectivity index (χ4n) is 2.50. The topological polar surface area (TPSA) is 113 Å². The van der Waals surface area contributed by atoms with E-state index in [1.54, 1.807) is 25.1 Å². The molecule has 0 aliphatic carbocycles. The number of aromatic nitrogens is 1. The number of phenolic OH excluding ortho intramolecular Hbond substituents is 1. The monoisotopic (exact) mass is 401 g/mol. The Balaban J connectivity index is 2.08. The second kappa shape index (κ2) is 9.89. The predicted molar refractivity (Wildman–Crippen MR) is 116 cm³/mol. The van der Waals surface area contributed by atoms with Crippen LogP contribution in [0.25, 0.3) is 0 Å². The summed E-state index contributed by atoms with van der Waals surface area (Å²) in [5.74, 6) is 0.155. The minimum absolute atomic E-state index is 0.137. The summed E-state index contributed by atoms with van der Waals surface area (Å²) in [7, 11) is 0. The Morgan fingerprint density at radius 3 is 2.86 bits per heavy atom. The van der Waals surface area contributed by atoms with Gasteiger partial charge in [0.05, 0.1) is 11.9 Å². The van der Waals surface area contributed by atoms with Crippen molar-refractivity contribution in [3.8, 4) is 5.75 Å². The van der Waals surface area contributed by atoms with E-state index < -0.39 is 0 Å². The van der Waals surface area contributed by atoms with Crippen molar-refractivity contribution >= 4 is 33.9 Å². The molecule has 0 spiro atoms. The number of amides is 1. The van der Waals surface area contributed by atoms with Crippen molar-refractivity contribution in [2.45, 2.75) is 40.5 Å². The Kier molecular flexibility index (Phi) is 7.57. The van der Waals surface area contributed by atoms with Crippen LogP contribution >= 0.6 is 11.3 Å². The number of nitrogens with zero attached hydrogens (tertiary/aromatic N) is 2. The van der Waals surface area contributed by atoms with Crippen molar-refractivity contribution in [3.63, 3.8) is 0 Å². The van der Waals surface area contributed by atoms with Gasteiger partial charge < -0.3 is 21.5 Å². The summed E-state index contributed by atoms with van der Waals surface area (Å²) in [4.78, 5) is 21.3. The fourth-order valence-corrected chi connectivity index (χ4v) is 3.21. The summed E-state index contributed by atoms with van der Waals surface area (Å²) in [5, 5.41) is 16.4. The molecule has 0 saturated heterocycles. The lowest BCUT2D eigenvalue weighted by Gasteiger charge is -2.11. The van der Waals surface area contributed by atoms with Gasteiger partial charge >= 0.3 is 0 Å². The van der Waals surface area contributed by atoms with Crippen molar-refractivity contribution in [1.82, 2.24) is 10.3 Å². The summed E-state index contributed by atoms with van der Waals surface area (Å²) >= 11 is 1.15. The molecule has 1 aromatic carbocycles. The minimum atomic E-state index is -0.303. The number of unbranched alkanes of at least 4 members (excludes halogenated alkanes) is 1. The lowest BCUT2D eigenvalue weighted by Crippen LogP contribution is -2.16. The van der Waals surface area contributed by atoms with Crippen LogP contribution in [0.15, 0.2) is 35.1 Å². The summed E-state index contributed by atoms with van der Waals surface area (Å²) in [6.45, 7) is 8.58. The molecule has 2 aromatic rings. The number of benzene rings is 1. The predicted octanol–water partition coefficient (Wildman–Crippen LogP) is 4.00. The molecule has 5 N–H and O–H groups in total. The van der Waals surface area contributed by atoms with E-state index in [1.807, 2.05) is 13.8 Å². The lowest BCUT2D eigenvalue weighted by atomic mass is 10.1. The molecule has 0 radical (unpaired) electrons. The number of rotatable bonds is 8. The van der Waals surface area contributed by atoms with E-state index in [0.717, 1.165) is 42.0 Å². The van der Waals surface area contributed by atoms with Crippen molar-refractivity contribution in [2.24, 2.45) is 10.7 Å². The van der Waals surface area contributed by atoms with Crippen LogP contribution in [0.2, 0.25) is 0 Å². The van der Waals surface area contributed by atoms with E-state index >= 15 is 0 Å². The molecule has 7 nitrogen and oxygen atoms in total. The van der Waals surface area contributed by atoms with Gasteiger partial charge in [-0.25, -0.2) is 9.98 Å². The number of thiazole rings is 1. The molecule has 0 aliphatic rings. The largest absolute Gasteiger partial charge is 0.508 e. The Bertz CT molecular complexity index is 902. The molecule has 150 valence electrons. The highest BCUT2D eigenvalue weighted by atomic mass is 32.1. The van der Waals surface area contributed by atoms with Crippen LogP contribution in [-0.2, 0) is 0 Å². The number of allylic oxidation sites excluding steroid dienone is 1. The number of hydrogen-bond donors (Lipinski definition) is 4. The van der Waals surface area contributed by atoms with Crippen molar-refractivity contribution < 1.29 is 9.90 Å². The zero-order valence-corrected chi connectivity index (χ0v) is 17.5. The molecule has 8 heteroatoms. The van der Waals surface area contributed by atoms with Crippen LogP contribution in [0.5, 0.6) is 5.75 Å². The van der Waals surface area contributed by atoms with Crippen LogP contribution in [0, 0.1) is 13.8 Å². The average molecular weight is 402 g/mol. The first-order valence-corrected chi connectivity index (χ1v) is 9.96. The number of carbonyl (C=O) groups excluding carboxylic acids is 1. The van der Waals surface area contributed by atoms with Gasteiger partial charge in [-0.2, -0.15) is 0 Å². The van der Waals surface area contributed by atoms with Crippen LogP contribution in [0.3, 0.4) is 0 Å². The number of amidine groups is 1. The average Bonchev–Trinajstić information content (AvgIpc) is 3.10. The third-order valence-corrected chi connectivity index (χ3v) is 5.01. The highest BCUT2D eigenvalue weighted by molar-refractivity contribution is 7.17. The molecule has 0 fully saturated rings. The van der Waals surface area contributed by atoms with Gasteiger partial charge in [0.15, 0.2) is 0 Å². The summed E-state index contributed by atoms with van der Waals surface area (Å²) in [6.07, 6.45) is 5.42. The second-order valence-corrected chi connectivity index (χ2v) is 7.52. The molecule has 1 heterocycles. The highest BCUT2D eigenvalue weighted by Crippen LogP contribution is 2.29. The molecule has 1 amide bonds. The molecular formula is C20H27N5O2S. The Morgan fingerprint density at radius 2 is 2.14 bits per heavy atom. The quantitative estimate of drug-likeness (QED) is 0.303. The van der Waals surface area contributed by atoms with E-state index in [1.165, 1.54) is 6.20 Å². The molecule has 28 heavy (non-hydrogen) atoms. The fraction of sp³-hybridized carbons (Fsp3) is 0.350. The normalized spacial score (nSPS) is 12.1. The maximum atomic E-state index is 12.5. The number of phenols is 1. The molecule has 0 unspecified atom stereocenters. The molecule has 0 saturated carbocycles. The Hall–Kier alpha value is -2.87. The van der Waals surface area contributed by atoms with Gasteiger partial charge in [-0.15, -0.1) is 0 Å². The van der Waals surface area contributed by atoms with Gasteiger partial charge in [0.25, 0.3) is 5.91 Å². The lowest BCUT2D eigenvalue weighted by molar-refractivity contribution is 0.103. The summed E-state index contributed by atoms with van der Waals surface area (Å²) in [5.41, 5.74) is 8.96. The van der Waals surface area contributed by atoms with Crippen molar-refractivity contribution in [3.05, 3.63) is 46.1 Å². The van der Waals surface area contributed by atoms with E-state index in [4.69, 9.17) is 5.73 Å². The van der Waals surface area contributed by atoms with Crippen molar-refractivity contribution in [2.75, 3.05) is 11.9 Å². The van der Waals surface area contributed by atoms with Crippen LogP contribution in [0.4, 0.5) is 10.8 Å². The second-order valence-electron chi connectivity index (χ2n) is 6.51. The minimum Gasteiger partial charge on any atom is -0.508 e. The molecule has 0 aliphatic heterocycles. The maximum Gasteiger partial charge on any atom is 0.267 e. The van der Waals surface area contributed by atoms with E-state index in [0.29, 0.717) is 27.1 Å². The van der Waals surface area contributed by atoms with Gasteiger partial charge in [-0.3, -0.25) is 4.79 Å². The molecular weight excluding hydrogens is 374 g/mol. The number of nitrogens with one attached hydrogen (secondary N) is 2. The molecule has 0 atom stereocenters. The first-order chi connectivity index (χ1) is 13.3. The molecule has 0 bridgehead atoms. The first-order valence-electron chi connectivity index (χ1n) is 9.14. The first kappa shape index (κ1) is 21.4. The number of carbonyl (C=O) groups is 1. The maximum absolute atomic E-state index is 12.5. The molecule has 2 rings (SSSR count). The number of anilines is 1. The van der Waals surface area contributed by atoms with Gasteiger partial charge in [0.1, 0.15) is 16.5 Å². The van der Waals surface area contributed by atoms with Gasteiger partial charge in [-0.1, -0.05) is 30.7 Å². The van der Waals surface area contributed by atoms with E-state index in [2.05, 4.69) is 27.5 Å². The smallest absolute Gasteiger partial charge is 0.267 e. The van der Waals surface area contributed by atoms with Gasteiger partial charge in [0.2, 0.25) is 5.13 Å². The van der Waals surface area contributed by atoms with Gasteiger partial charge in [0, 0.05) is 17.8 Å². The molecule has 1 aromatic heterocycles. The van der Waals surface area contributed by atoms with E-state index in [9.17, 15) is 9.90 Å². The standard InChI is InChI=1S/C20H27N5O2S/c1-5-6-9-22-13(3)10-17(21)24-20-23-11-16(28-20)19(27)25-18-12(2)7-8-15(26)14(18)4/h7-8,10-11,22,26H,5-6,9H2,1-4H3,(H,25,27)(H2,21,23,24)/b13-10-. The third-order valence-electron chi connectivity index (χ3n) is 4.12. The zero-order chi connectivity index (χ0) is 20.7. The SMILES string of the molecule is CCCCN/C(C)=C\C(N)=N/c1ncc(C(=O)Nc2c(C)ccc(O)c2C)s1. The van der Waals surface area contributed by atoms with E-state index in [-0.39, 0.29) is 11.7 Å². The van der Waals surface area contributed by atoms with Crippen molar-refractivity contribution in [1.29, 1.82) is 0 Å². The van der Waals surface area contributed by atoms with Gasteiger partial charge in [-0.05, 0) is 44.9 Å². The number of nitrogens with two attached hydrogens (primary N) is 1. The third kappa shape index (κ3) is 5.82. The summed E-state index contributed by atoms with van der Waals surface area (Å²) < 4.78 is 0.